The van der Waals surface area contributed by atoms with Gasteiger partial charge in [0.1, 0.15) is 12.4 Å². The highest BCUT2D eigenvalue weighted by molar-refractivity contribution is 5.48. The molecule has 104 valence electrons. The van der Waals surface area contributed by atoms with E-state index in [4.69, 9.17) is 4.74 Å². The minimum atomic E-state index is -0.387. The summed E-state index contributed by atoms with van der Waals surface area (Å²) in [5, 5.41) is 9.71. The Kier molecular flexibility index (Phi) is 5.39. The van der Waals surface area contributed by atoms with Gasteiger partial charge in [-0.25, -0.2) is 0 Å². The van der Waals surface area contributed by atoms with Crippen molar-refractivity contribution < 1.29 is 9.84 Å². The number of aliphatic hydroxyl groups is 1. The zero-order chi connectivity index (χ0) is 14.2. The van der Waals surface area contributed by atoms with E-state index in [2.05, 4.69) is 12.1 Å². The lowest BCUT2D eigenvalue weighted by Crippen LogP contribution is -1.96. The van der Waals surface area contributed by atoms with Gasteiger partial charge in [-0.15, -0.1) is 0 Å². The normalized spacial score (nSPS) is 12.5. The van der Waals surface area contributed by atoms with Crippen molar-refractivity contribution in [1.29, 1.82) is 0 Å². The van der Waals surface area contributed by atoms with Gasteiger partial charge in [-0.05, 0) is 35.8 Å². The molecule has 1 atom stereocenters. The molecule has 0 saturated carbocycles. The molecule has 0 radical (unpaired) electrons. The predicted octanol–water partition coefficient (Wildman–Crippen LogP) is 4.22. The van der Waals surface area contributed by atoms with E-state index in [-0.39, 0.29) is 6.10 Å². The summed E-state index contributed by atoms with van der Waals surface area (Å²) in [6.45, 7) is 2.49. The van der Waals surface area contributed by atoms with E-state index >= 15 is 0 Å². The van der Waals surface area contributed by atoms with Crippen LogP contribution in [-0.4, -0.2) is 11.7 Å². The summed E-state index contributed by atoms with van der Waals surface area (Å²) in [4.78, 5) is 0. The molecule has 0 amide bonds. The maximum Gasteiger partial charge on any atom is 0.119 e. The average molecular weight is 268 g/mol. The van der Waals surface area contributed by atoms with E-state index in [1.54, 1.807) is 0 Å². The lowest BCUT2D eigenvalue weighted by atomic mass is 10.1. The van der Waals surface area contributed by atoms with Gasteiger partial charge >= 0.3 is 0 Å². The molecule has 2 nitrogen and oxygen atoms in total. The third kappa shape index (κ3) is 4.25. The third-order valence-electron chi connectivity index (χ3n) is 3.11. The van der Waals surface area contributed by atoms with Crippen LogP contribution in [0.15, 0.2) is 60.7 Å². The van der Waals surface area contributed by atoms with Crippen molar-refractivity contribution in [3.05, 3.63) is 71.8 Å². The Bertz CT molecular complexity index is 529. The lowest BCUT2D eigenvalue weighted by molar-refractivity contribution is 0.173. The summed E-state index contributed by atoms with van der Waals surface area (Å²) < 4.78 is 5.63. The summed E-state index contributed by atoms with van der Waals surface area (Å²) in [5.41, 5.74) is 2.09. The standard InChI is InChI=1S/C18H20O2/c1-2-18(19)16-10-12-17(13-11-16)20-14-6-9-15-7-4-3-5-8-15/h3-13,18-19H,2,14H2,1H3/b9-6+. The van der Waals surface area contributed by atoms with Gasteiger partial charge in [0.15, 0.2) is 0 Å². The van der Waals surface area contributed by atoms with Gasteiger partial charge in [-0.2, -0.15) is 0 Å². The summed E-state index contributed by atoms with van der Waals surface area (Å²) in [6.07, 6.45) is 4.36. The van der Waals surface area contributed by atoms with Gasteiger partial charge in [-0.1, -0.05) is 55.5 Å². The summed E-state index contributed by atoms with van der Waals surface area (Å²) in [7, 11) is 0. The van der Waals surface area contributed by atoms with E-state index in [1.165, 1.54) is 0 Å². The topological polar surface area (TPSA) is 29.5 Å². The van der Waals surface area contributed by atoms with Crippen LogP contribution in [0.25, 0.3) is 6.08 Å². The first-order valence-electron chi connectivity index (χ1n) is 6.92. The second-order valence-electron chi connectivity index (χ2n) is 4.62. The Morgan fingerprint density at radius 1 is 1.05 bits per heavy atom. The van der Waals surface area contributed by atoms with E-state index in [1.807, 2.05) is 61.5 Å². The van der Waals surface area contributed by atoms with Crippen LogP contribution >= 0.6 is 0 Å². The quantitative estimate of drug-likeness (QED) is 0.850. The van der Waals surface area contributed by atoms with Gasteiger partial charge in [0.25, 0.3) is 0 Å². The SMILES string of the molecule is CCC(O)c1ccc(OC/C=C/c2ccccc2)cc1. The molecule has 0 aliphatic carbocycles. The van der Waals surface area contributed by atoms with E-state index in [9.17, 15) is 5.11 Å². The molecule has 0 saturated heterocycles. The molecule has 2 heteroatoms. The van der Waals surface area contributed by atoms with Crippen LogP contribution in [0.5, 0.6) is 5.75 Å². The first-order chi connectivity index (χ1) is 9.79. The number of rotatable bonds is 6. The lowest BCUT2D eigenvalue weighted by Gasteiger charge is -2.09. The second-order valence-corrected chi connectivity index (χ2v) is 4.62. The molecule has 0 aliphatic rings. The molecule has 2 aromatic carbocycles. The number of benzene rings is 2. The number of hydrogen-bond donors (Lipinski definition) is 1. The number of aliphatic hydroxyl groups excluding tert-OH is 1. The van der Waals surface area contributed by atoms with Crippen LogP contribution in [0.1, 0.15) is 30.6 Å². The Hall–Kier alpha value is -2.06. The maximum atomic E-state index is 9.71. The molecule has 0 aromatic heterocycles. The summed E-state index contributed by atoms with van der Waals surface area (Å²) in [6, 6.07) is 17.7. The van der Waals surface area contributed by atoms with Crippen LogP contribution in [0.2, 0.25) is 0 Å². The molecular weight excluding hydrogens is 248 g/mol. The fourth-order valence-electron chi connectivity index (χ4n) is 1.91. The van der Waals surface area contributed by atoms with Crippen molar-refractivity contribution in [2.45, 2.75) is 19.4 Å². The number of hydrogen-bond acceptors (Lipinski definition) is 2. The van der Waals surface area contributed by atoms with Crippen molar-refractivity contribution in [2.75, 3.05) is 6.61 Å². The average Bonchev–Trinajstić information content (AvgIpc) is 2.52. The molecule has 0 spiro atoms. The first kappa shape index (κ1) is 14.4. The summed E-state index contributed by atoms with van der Waals surface area (Å²) >= 11 is 0. The van der Waals surface area contributed by atoms with Crippen molar-refractivity contribution >= 4 is 6.08 Å². The third-order valence-corrected chi connectivity index (χ3v) is 3.11. The van der Waals surface area contributed by atoms with Crippen molar-refractivity contribution in [3.8, 4) is 5.75 Å². The Balaban J connectivity index is 1.84. The van der Waals surface area contributed by atoms with Gasteiger partial charge < -0.3 is 9.84 Å². The molecule has 0 bridgehead atoms. The van der Waals surface area contributed by atoms with Gasteiger partial charge in [0.2, 0.25) is 0 Å². The highest BCUT2D eigenvalue weighted by Crippen LogP contribution is 2.19. The van der Waals surface area contributed by atoms with Crippen LogP contribution in [0.4, 0.5) is 0 Å². The molecule has 2 rings (SSSR count). The molecule has 0 aliphatic heterocycles. The van der Waals surface area contributed by atoms with E-state index in [0.29, 0.717) is 6.61 Å². The van der Waals surface area contributed by atoms with Crippen LogP contribution < -0.4 is 4.74 Å². The molecule has 2 aromatic rings. The molecule has 1 N–H and O–H groups in total. The highest BCUT2D eigenvalue weighted by atomic mass is 16.5. The van der Waals surface area contributed by atoms with Crippen LogP contribution in [0, 0.1) is 0 Å². The van der Waals surface area contributed by atoms with Crippen LogP contribution in [0.3, 0.4) is 0 Å². The zero-order valence-electron chi connectivity index (χ0n) is 11.7. The van der Waals surface area contributed by atoms with E-state index < -0.39 is 0 Å². The Morgan fingerprint density at radius 3 is 2.40 bits per heavy atom. The minimum absolute atomic E-state index is 0.387. The van der Waals surface area contributed by atoms with Gasteiger partial charge in [0.05, 0.1) is 6.10 Å². The van der Waals surface area contributed by atoms with E-state index in [0.717, 1.165) is 23.3 Å². The first-order valence-corrected chi connectivity index (χ1v) is 6.92. The fourth-order valence-corrected chi connectivity index (χ4v) is 1.91. The second kappa shape index (κ2) is 7.51. The molecule has 0 heterocycles. The van der Waals surface area contributed by atoms with Crippen molar-refractivity contribution in [1.82, 2.24) is 0 Å². The van der Waals surface area contributed by atoms with Crippen LogP contribution in [-0.2, 0) is 0 Å². The Morgan fingerprint density at radius 2 is 1.75 bits per heavy atom. The zero-order valence-corrected chi connectivity index (χ0v) is 11.7. The fraction of sp³-hybridized carbons (Fsp3) is 0.222. The van der Waals surface area contributed by atoms with Gasteiger partial charge in [0, 0.05) is 0 Å². The van der Waals surface area contributed by atoms with Crippen molar-refractivity contribution in [3.63, 3.8) is 0 Å². The van der Waals surface area contributed by atoms with Gasteiger partial charge in [-0.3, -0.25) is 0 Å². The summed E-state index contributed by atoms with van der Waals surface area (Å²) in [5.74, 6) is 0.815. The number of ether oxygens (including phenoxy) is 1. The molecule has 20 heavy (non-hydrogen) atoms. The predicted molar refractivity (Wildman–Crippen MR) is 82.7 cm³/mol. The monoisotopic (exact) mass is 268 g/mol. The molecular formula is C18H20O2. The van der Waals surface area contributed by atoms with Crippen molar-refractivity contribution in [2.24, 2.45) is 0 Å². The molecule has 1 unspecified atom stereocenters. The molecule has 0 fully saturated rings. The largest absolute Gasteiger partial charge is 0.490 e. The Labute approximate surface area is 120 Å². The minimum Gasteiger partial charge on any atom is -0.490 e. The highest BCUT2D eigenvalue weighted by Gasteiger charge is 2.03. The smallest absolute Gasteiger partial charge is 0.119 e. The maximum absolute atomic E-state index is 9.71.